The molecule has 0 unspecified atom stereocenters. The van der Waals surface area contributed by atoms with Crippen molar-refractivity contribution in [2.45, 2.75) is 19.8 Å². The Hall–Kier alpha value is -2.11. The van der Waals surface area contributed by atoms with Crippen LogP contribution in [0, 0.1) is 12.7 Å². The zero-order valence-electron chi connectivity index (χ0n) is 10.7. The second-order valence-corrected chi connectivity index (χ2v) is 4.15. The van der Waals surface area contributed by atoms with Crippen LogP contribution >= 0.6 is 0 Å². The van der Waals surface area contributed by atoms with Crippen LogP contribution in [0.15, 0.2) is 18.2 Å². The van der Waals surface area contributed by atoms with E-state index < -0.39 is 12.0 Å². The van der Waals surface area contributed by atoms with Gasteiger partial charge in [-0.1, -0.05) is 6.07 Å². The van der Waals surface area contributed by atoms with Crippen LogP contribution in [0.1, 0.15) is 17.5 Å². The van der Waals surface area contributed by atoms with Crippen molar-refractivity contribution in [3.8, 4) is 0 Å². The van der Waals surface area contributed by atoms with E-state index in [1.54, 1.807) is 6.07 Å². The van der Waals surface area contributed by atoms with E-state index >= 15 is 0 Å². The van der Waals surface area contributed by atoms with E-state index in [0.717, 1.165) is 11.1 Å². The first-order valence-electron chi connectivity index (χ1n) is 5.97. The average molecular weight is 268 g/mol. The van der Waals surface area contributed by atoms with Crippen LogP contribution in [0.5, 0.6) is 0 Å². The number of nitrogens with one attached hydrogen (secondary N) is 2. The number of hydrogen-bond acceptors (Lipinski definition) is 2. The van der Waals surface area contributed by atoms with Gasteiger partial charge in [-0.3, -0.25) is 4.79 Å². The summed E-state index contributed by atoms with van der Waals surface area (Å²) < 4.78 is 12.9. The van der Waals surface area contributed by atoms with Crippen molar-refractivity contribution in [1.29, 1.82) is 0 Å². The molecule has 0 aliphatic heterocycles. The molecule has 0 saturated carbocycles. The van der Waals surface area contributed by atoms with Gasteiger partial charge in [-0.15, -0.1) is 0 Å². The molecule has 0 saturated heterocycles. The highest BCUT2D eigenvalue weighted by molar-refractivity contribution is 5.74. The molecular weight excluding hydrogens is 251 g/mol. The molecule has 0 bridgehead atoms. The fourth-order valence-electron chi connectivity index (χ4n) is 1.60. The molecule has 2 amide bonds. The third-order valence-corrected chi connectivity index (χ3v) is 2.61. The molecule has 3 N–H and O–H groups in total. The van der Waals surface area contributed by atoms with Crippen LogP contribution in [0.3, 0.4) is 0 Å². The second-order valence-electron chi connectivity index (χ2n) is 4.15. The minimum atomic E-state index is -0.956. The Bertz CT molecular complexity index is 463. The SMILES string of the molecule is Cc1cc(F)ccc1CCNC(=O)NCCC(=O)O. The second kappa shape index (κ2) is 7.35. The number of hydrogen-bond donors (Lipinski definition) is 3. The summed E-state index contributed by atoms with van der Waals surface area (Å²) in [6.07, 6.45) is 0.489. The number of aliphatic carboxylic acids is 1. The zero-order valence-corrected chi connectivity index (χ0v) is 10.7. The Morgan fingerprint density at radius 3 is 2.58 bits per heavy atom. The third kappa shape index (κ3) is 5.85. The molecule has 0 radical (unpaired) electrons. The van der Waals surface area contributed by atoms with Crippen LogP contribution in [0.2, 0.25) is 0 Å². The summed E-state index contributed by atoms with van der Waals surface area (Å²) in [5.74, 6) is -1.23. The smallest absolute Gasteiger partial charge is 0.314 e. The summed E-state index contributed by atoms with van der Waals surface area (Å²) in [7, 11) is 0. The van der Waals surface area contributed by atoms with E-state index in [2.05, 4.69) is 10.6 Å². The van der Waals surface area contributed by atoms with Crippen molar-refractivity contribution in [3.63, 3.8) is 0 Å². The van der Waals surface area contributed by atoms with Crippen molar-refractivity contribution in [2.75, 3.05) is 13.1 Å². The van der Waals surface area contributed by atoms with E-state index in [9.17, 15) is 14.0 Å². The van der Waals surface area contributed by atoms with Gasteiger partial charge in [0.15, 0.2) is 0 Å². The molecular formula is C13H17FN2O3. The van der Waals surface area contributed by atoms with Crippen LogP contribution in [-0.2, 0) is 11.2 Å². The van der Waals surface area contributed by atoms with Crippen molar-refractivity contribution >= 4 is 12.0 Å². The van der Waals surface area contributed by atoms with E-state index in [1.165, 1.54) is 12.1 Å². The lowest BCUT2D eigenvalue weighted by molar-refractivity contribution is -0.136. The summed E-state index contributed by atoms with van der Waals surface area (Å²) >= 11 is 0. The summed E-state index contributed by atoms with van der Waals surface area (Å²) in [4.78, 5) is 21.5. The number of halogens is 1. The Morgan fingerprint density at radius 2 is 1.95 bits per heavy atom. The minimum absolute atomic E-state index is 0.0940. The molecule has 1 aromatic rings. The monoisotopic (exact) mass is 268 g/mol. The lowest BCUT2D eigenvalue weighted by Crippen LogP contribution is -2.37. The summed E-state index contributed by atoms with van der Waals surface area (Å²) in [6, 6.07) is 4.12. The molecule has 19 heavy (non-hydrogen) atoms. The third-order valence-electron chi connectivity index (χ3n) is 2.61. The van der Waals surface area contributed by atoms with Crippen molar-refractivity contribution in [2.24, 2.45) is 0 Å². The van der Waals surface area contributed by atoms with Crippen LogP contribution in [-0.4, -0.2) is 30.2 Å². The van der Waals surface area contributed by atoms with E-state index in [-0.39, 0.29) is 18.8 Å². The highest BCUT2D eigenvalue weighted by Crippen LogP contribution is 2.10. The van der Waals surface area contributed by atoms with Gasteiger partial charge >= 0.3 is 12.0 Å². The van der Waals surface area contributed by atoms with E-state index in [1.807, 2.05) is 6.92 Å². The summed E-state index contributed by atoms with van der Waals surface area (Å²) in [6.45, 7) is 2.31. The molecule has 5 nitrogen and oxygen atoms in total. The zero-order chi connectivity index (χ0) is 14.3. The average Bonchev–Trinajstić information content (AvgIpc) is 2.31. The predicted molar refractivity (Wildman–Crippen MR) is 68.5 cm³/mol. The Balaban J connectivity index is 2.26. The van der Waals surface area contributed by atoms with Gasteiger partial charge in [-0.05, 0) is 36.6 Å². The highest BCUT2D eigenvalue weighted by Gasteiger charge is 2.03. The van der Waals surface area contributed by atoms with E-state index in [4.69, 9.17) is 5.11 Å². The predicted octanol–water partition coefficient (Wildman–Crippen LogP) is 1.45. The Labute approximate surface area is 110 Å². The van der Waals surface area contributed by atoms with Gasteiger partial charge in [-0.25, -0.2) is 9.18 Å². The number of carboxylic acid groups (broad SMARTS) is 1. The molecule has 0 aliphatic carbocycles. The maximum Gasteiger partial charge on any atom is 0.314 e. The van der Waals surface area contributed by atoms with Crippen LogP contribution < -0.4 is 10.6 Å². The first-order chi connectivity index (χ1) is 8.99. The number of benzene rings is 1. The molecule has 0 aliphatic rings. The number of carboxylic acids is 1. The quantitative estimate of drug-likeness (QED) is 0.730. The van der Waals surface area contributed by atoms with Crippen LogP contribution in [0.4, 0.5) is 9.18 Å². The molecule has 1 aromatic carbocycles. The number of amides is 2. The molecule has 0 fully saturated rings. The van der Waals surface area contributed by atoms with Gasteiger partial charge in [0.1, 0.15) is 5.82 Å². The van der Waals surface area contributed by atoms with Gasteiger partial charge in [0.05, 0.1) is 6.42 Å². The van der Waals surface area contributed by atoms with Gasteiger partial charge < -0.3 is 15.7 Å². The number of aryl methyl sites for hydroxylation is 1. The molecule has 0 aromatic heterocycles. The van der Waals surface area contributed by atoms with Crippen molar-refractivity contribution < 1.29 is 19.1 Å². The van der Waals surface area contributed by atoms with Crippen LogP contribution in [0.25, 0.3) is 0 Å². The first kappa shape index (κ1) is 14.9. The Kier molecular flexibility index (Phi) is 5.78. The Morgan fingerprint density at radius 1 is 1.26 bits per heavy atom. The standard InChI is InChI=1S/C13H17FN2O3/c1-9-8-11(14)3-2-10(9)4-6-15-13(19)16-7-5-12(17)18/h2-3,8H,4-7H2,1H3,(H,17,18)(H2,15,16,19). The lowest BCUT2D eigenvalue weighted by Gasteiger charge is -2.08. The maximum absolute atomic E-state index is 12.9. The van der Waals surface area contributed by atoms with Crippen molar-refractivity contribution in [1.82, 2.24) is 10.6 Å². The fourth-order valence-corrected chi connectivity index (χ4v) is 1.60. The largest absolute Gasteiger partial charge is 0.481 e. The van der Waals surface area contributed by atoms with Gasteiger partial charge in [0.25, 0.3) is 0 Å². The number of carbonyl (C=O) groups is 2. The van der Waals surface area contributed by atoms with Gasteiger partial charge in [-0.2, -0.15) is 0 Å². The molecule has 0 atom stereocenters. The van der Waals surface area contributed by atoms with Gasteiger partial charge in [0, 0.05) is 13.1 Å². The minimum Gasteiger partial charge on any atom is -0.481 e. The number of urea groups is 1. The lowest BCUT2D eigenvalue weighted by atomic mass is 10.1. The first-order valence-corrected chi connectivity index (χ1v) is 5.97. The number of carbonyl (C=O) groups excluding carboxylic acids is 1. The normalized spacial score (nSPS) is 10.0. The fraction of sp³-hybridized carbons (Fsp3) is 0.385. The van der Waals surface area contributed by atoms with E-state index in [0.29, 0.717) is 13.0 Å². The molecule has 104 valence electrons. The topological polar surface area (TPSA) is 78.4 Å². The molecule has 6 heteroatoms. The summed E-state index contributed by atoms with van der Waals surface area (Å²) in [5, 5.41) is 13.4. The maximum atomic E-state index is 12.9. The summed E-state index contributed by atoms with van der Waals surface area (Å²) in [5.41, 5.74) is 1.81. The molecule has 0 heterocycles. The molecule has 0 spiro atoms. The number of rotatable bonds is 6. The molecule has 1 rings (SSSR count). The van der Waals surface area contributed by atoms with Crippen molar-refractivity contribution in [3.05, 3.63) is 35.1 Å². The highest BCUT2D eigenvalue weighted by atomic mass is 19.1. The van der Waals surface area contributed by atoms with Gasteiger partial charge in [0.2, 0.25) is 0 Å².